The third-order valence-corrected chi connectivity index (χ3v) is 2.91. The summed E-state index contributed by atoms with van der Waals surface area (Å²) in [4.78, 5) is 0. The van der Waals surface area contributed by atoms with Gasteiger partial charge in [-0.25, -0.2) is 0 Å². The maximum atomic E-state index is 5.17. The zero-order chi connectivity index (χ0) is 11.4. The summed E-state index contributed by atoms with van der Waals surface area (Å²) in [6.07, 6.45) is 0. The molecule has 0 radical (unpaired) electrons. The molecule has 2 rings (SSSR count). The summed E-state index contributed by atoms with van der Waals surface area (Å²) in [5, 5.41) is 3.32. The average Bonchev–Trinajstić information content (AvgIpc) is 2.32. The van der Waals surface area contributed by atoms with Crippen molar-refractivity contribution in [2.75, 3.05) is 12.4 Å². The molecular weight excluding hydrogens is 266 g/mol. The molecule has 0 aliphatic heterocycles. The fourth-order valence-corrected chi connectivity index (χ4v) is 1.80. The second-order valence-corrected chi connectivity index (χ2v) is 4.19. The van der Waals surface area contributed by atoms with Gasteiger partial charge in [0.05, 0.1) is 12.8 Å². The highest BCUT2D eigenvalue weighted by Crippen LogP contribution is 2.26. The van der Waals surface area contributed by atoms with Gasteiger partial charge in [0.2, 0.25) is 0 Å². The van der Waals surface area contributed by atoms with Crippen LogP contribution >= 0.6 is 15.9 Å². The third kappa shape index (κ3) is 2.55. The largest absolute Gasteiger partial charge is 0.497 e. The Bertz CT molecular complexity index is 485. The fraction of sp³-hybridized carbons (Fsp3) is 0.0769. The molecule has 0 atom stereocenters. The lowest BCUT2D eigenvalue weighted by Gasteiger charge is -2.09. The molecule has 0 bridgehead atoms. The Labute approximate surface area is 103 Å². The first-order valence-electron chi connectivity index (χ1n) is 4.95. The van der Waals surface area contributed by atoms with Crippen LogP contribution in [0.25, 0.3) is 0 Å². The van der Waals surface area contributed by atoms with E-state index >= 15 is 0 Å². The lowest BCUT2D eigenvalue weighted by atomic mass is 10.2. The summed E-state index contributed by atoms with van der Waals surface area (Å²) >= 11 is 3.50. The highest BCUT2D eigenvalue weighted by molar-refractivity contribution is 9.10. The summed E-state index contributed by atoms with van der Waals surface area (Å²) < 4.78 is 6.21. The molecular formula is C13H12BrNO. The standard InChI is InChI=1S/C13H12BrNO/c1-16-11-6-4-5-10(9-11)15-13-8-3-2-7-12(13)14/h2-9,15H,1H3. The van der Waals surface area contributed by atoms with Gasteiger partial charge in [0.1, 0.15) is 5.75 Å². The van der Waals surface area contributed by atoms with Crippen LogP contribution in [0.2, 0.25) is 0 Å². The number of hydrogen-bond acceptors (Lipinski definition) is 2. The molecule has 0 saturated carbocycles. The third-order valence-electron chi connectivity index (χ3n) is 2.22. The molecule has 0 amide bonds. The molecule has 1 N–H and O–H groups in total. The molecule has 3 heteroatoms. The molecule has 0 heterocycles. The first-order valence-corrected chi connectivity index (χ1v) is 5.74. The molecule has 2 aromatic carbocycles. The molecule has 2 nitrogen and oxygen atoms in total. The maximum absolute atomic E-state index is 5.17. The Morgan fingerprint density at radius 1 is 1.06 bits per heavy atom. The van der Waals surface area contributed by atoms with Crippen LogP contribution in [0.15, 0.2) is 53.0 Å². The van der Waals surface area contributed by atoms with Gasteiger partial charge in [-0.05, 0) is 40.2 Å². The monoisotopic (exact) mass is 277 g/mol. The zero-order valence-corrected chi connectivity index (χ0v) is 10.5. The van der Waals surface area contributed by atoms with Gasteiger partial charge < -0.3 is 10.1 Å². The minimum absolute atomic E-state index is 0.844. The smallest absolute Gasteiger partial charge is 0.120 e. The van der Waals surface area contributed by atoms with Crippen LogP contribution in [0.3, 0.4) is 0 Å². The van der Waals surface area contributed by atoms with Crippen molar-refractivity contribution in [1.29, 1.82) is 0 Å². The maximum Gasteiger partial charge on any atom is 0.120 e. The number of para-hydroxylation sites is 1. The summed E-state index contributed by atoms with van der Waals surface area (Å²) in [6.45, 7) is 0. The van der Waals surface area contributed by atoms with Crippen molar-refractivity contribution in [3.05, 3.63) is 53.0 Å². The quantitative estimate of drug-likeness (QED) is 0.908. The molecule has 0 aliphatic rings. The van der Waals surface area contributed by atoms with Crippen molar-refractivity contribution in [2.45, 2.75) is 0 Å². The fourth-order valence-electron chi connectivity index (χ4n) is 1.42. The van der Waals surface area contributed by atoms with E-state index in [9.17, 15) is 0 Å². The molecule has 0 aliphatic carbocycles. The molecule has 0 unspecified atom stereocenters. The van der Waals surface area contributed by atoms with E-state index in [1.54, 1.807) is 7.11 Å². The van der Waals surface area contributed by atoms with E-state index in [-0.39, 0.29) is 0 Å². The lowest BCUT2D eigenvalue weighted by Crippen LogP contribution is -1.91. The summed E-state index contributed by atoms with van der Waals surface area (Å²) in [7, 11) is 1.66. The van der Waals surface area contributed by atoms with Gasteiger partial charge in [-0.1, -0.05) is 18.2 Å². The Kier molecular flexibility index (Phi) is 3.47. The molecule has 0 saturated heterocycles. The Morgan fingerprint density at radius 3 is 2.62 bits per heavy atom. The number of nitrogens with one attached hydrogen (secondary N) is 1. The van der Waals surface area contributed by atoms with Crippen LogP contribution in [0.5, 0.6) is 5.75 Å². The van der Waals surface area contributed by atoms with Crippen molar-refractivity contribution < 1.29 is 4.74 Å². The predicted molar refractivity (Wildman–Crippen MR) is 70.4 cm³/mol. The van der Waals surface area contributed by atoms with E-state index in [2.05, 4.69) is 21.2 Å². The van der Waals surface area contributed by atoms with Crippen LogP contribution in [0.1, 0.15) is 0 Å². The SMILES string of the molecule is COc1cccc(Nc2ccccc2Br)c1. The first-order chi connectivity index (χ1) is 7.79. The topological polar surface area (TPSA) is 21.3 Å². The van der Waals surface area contributed by atoms with Gasteiger partial charge >= 0.3 is 0 Å². The van der Waals surface area contributed by atoms with Crippen molar-refractivity contribution in [1.82, 2.24) is 0 Å². The van der Waals surface area contributed by atoms with Crippen molar-refractivity contribution in [3.63, 3.8) is 0 Å². The van der Waals surface area contributed by atoms with Crippen molar-refractivity contribution in [2.24, 2.45) is 0 Å². The molecule has 0 spiro atoms. The summed E-state index contributed by atoms with van der Waals surface area (Å²) in [6, 6.07) is 15.8. The van der Waals surface area contributed by atoms with E-state index < -0.39 is 0 Å². The van der Waals surface area contributed by atoms with Gasteiger partial charge in [0.15, 0.2) is 0 Å². The van der Waals surface area contributed by atoms with Crippen molar-refractivity contribution >= 4 is 27.3 Å². The van der Waals surface area contributed by atoms with E-state index in [1.807, 2.05) is 48.5 Å². The van der Waals surface area contributed by atoms with E-state index in [4.69, 9.17) is 4.74 Å². The van der Waals surface area contributed by atoms with E-state index in [0.29, 0.717) is 0 Å². The summed E-state index contributed by atoms with van der Waals surface area (Å²) in [5.74, 6) is 0.844. The second kappa shape index (κ2) is 5.03. The van der Waals surface area contributed by atoms with Gasteiger partial charge in [-0.15, -0.1) is 0 Å². The number of ether oxygens (including phenoxy) is 1. The van der Waals surface area contributed by atoms with E-state index in [1.165, 1.54) is 0 Å². The second-order valence-electron chi connectivity index (χ2n) is 3.34. The Hall–Kier alpha value is -1.48. The number of methoxy groups -OCH3 is 1. The van der Waals surface area contributed by atoms with Gasteiger partial charge in [0.25, 0.3) is 0 Å². The van der Waals surface area contributed by atoms with Gasteiger partial charge in [0, 0.05) is 16.2 Å². The Morgan fingerprint density at radius 2 is 1.88 bits per heavy atom. The summed E-state index contributed by atoms with van der Waals surface area (Å²) in [5.41, 5.74) is 2.04. The van der Waals surface area contributed by atoms with Gasteiger partial charge in [-0.2, -0.15) is 0 Å². The van der Waals surface area contributed by atoms with E-state index in [0.717, 1.165) is 21.6 Å². The molecule has 0 aromatic heterocycles. The van der Waals surface area contributed by atoms with Crippen LogP contribution in [0.4, 0.5) is 11.4 Å². The number of hydrogen-bond donors (Lipinski definition) is 1. The minimum Gasteiger partial charge on any atom is -0.497 e. The normalized spacial score (nSPS) is 9.88. The number of halogens is 1. The number of benzene rings is 2. The number of anilines is 2. The Balaban J connectivity index is 2.24. The zero-order valence-electron chi connectivity index (χ0n) is 8.91. The first kappa shape index (κ1) is 11.0. The van der Waals surface area contributed by atoms with Crippen LogP contribution in [-0.4, -0.2) is 7.11 Å². The molecule has 2 aromatic rings. The van der Waals surface area contributed by atoms with Crippen LogP contribution < -0.4 is 10.1 Å². The van der Waals surface area contributed by atoms with Crippen LogP contribution in [0, 0.1) is 0 Å². The van der Waals surface area contributed by atoms with Crippen molar-refractivity contribution in [3.8, 4) is 5.75 Å². The lowest BCUT2D eigenvalue weighted by molar-refractivity contribution is 0.415. The highest BCUT2D eigenvalue weighted by Gasteiger charge is 1.99. The molecule has 0 fully saturated rings. The number of rotatable bonds is 3. The average molecular weight is 278 g/mol. The minimum atomic E-state index is 0.844. The van der Waals surface area contributed by atoms with Gasteiger partial charge in [-0.3, -0.25) is 0 Å². The van der Waals surface area contributed by atoms with Crippen LogP contribution in [-0.2, 0) is 0 Å². The molecule has 82 valence electrons. The molecule has 16 heavy (non-hydrogen) atoms. The predicted octanol–water partition coefficient (Wildman–Crippen LogP) is 4.20. The highest BCUT2D eigenvalue weighted by atomic mass is 79.9.